The normalized spacial score (nSPS) is 13.6. The van der Waals surface area contributed by atoms with Crippen molar-refractivity contribution < 1.29 is 0 Å². The molecule has 0 fully saturated rings. The summed E-state index contributed by atoms with van der Waals surface area (Å²) >= 11 is 31.2. The van der Waals surface area contributed by atoms with Crippen molar-refractivity contribution >= 4 is 143 Å². The van der Waals surface area contributed by atoms with Crippen molar-refractivity contribution in [1.29, 1.82) is 0 Å². The second kappa shape index (κ2) is 8.81. The van der Waals surface area contributed by atoms with Crippen LogP contribution in [-0.2, 0) is 19.3 Å². The first kappa shape index (κ1) is 22.4. The van der Waals surface area contributed by atoms with Crippen molar-refractivity contribution in [3.8, 4) is 0 Å². The molecule has 3 nitrogen and oxygen atoms in total. The Morgan fingerprint density at radius 2 is 0.667 bits per heavy atom. The Balaban J connectivity index is 3.13. The minimum Gasteiger partial charge on any atom is -0.218 e. The Bertz CT molecular complexity index is 405. The number of aromatic nitrogens is 3. The fraction of sp³-hybridized carbons (Fsp3) is 0.667. The maximum atomic E-state index is 4.49. The first-order valence-electron chi connectivity index (χ1n) is 5.16. The third kappa shape index (κ3) is 11.5. The van der Waals surface area contributed by atoms with Gasteiger partial charge in [-0.25, -0.2) is 15.0 Å². The van der Waals surface area contributed by atoms with Crippen LogP contribution >= 0.6 is 143 Å². The summed E-state index contributed by atoms with van der Waals surface area (Å²) in [5.74, 6) is 2.03. The second-order valence-corrected chi connectivity index (χ2v) is 25.7. The van der Waals surface area contributed by atoms with Gasteiger partial charge in [-0.2, -0.15) is 0 Å². The van der Waals surface area contributed by atoms with E-state index in [4.69, 9.17) is 0 Å². The molecule has 0 aliphatic rings. The summed E-state index contributed by atoms with van der Waals surface area (Å²) in [6.45, 7) is 0. The lowest BCUT2D eigenvalue weighted by molar-refractivity contribution is 0.760. The number of rotatable bonds is 3. The van der Waals surface area contributed by atoms with Crippen LogP contribution in [0.5, 0.6) is 0 Å². The topological polar surface area (TPSA) is 38.7 Å². The number of halogens is 9. The van der Waals surface area contributed by atoms with Gasteiger partial charge in [0.2, 0.25) is 0 Å². The van der Waals surface area contributed by atoms with Gasteiger partial charge in [-0.1, -0.05) is 143 Å². The zero-order valence-corrected chi connectivity index (χ0v) is 24.1. The summed E-state index contributed by atoms with van der Waals surface area (Å²) in [7, 11) is 0. The Kier molecular flexibility index (Phi) is 9.39. The molecule has 0 aliphatic heterocycles. The highest BCUT2D eigenvalue weighted by Gasteiger charge is 2.26. The summed E-state index contributed by atoms with van der Waals surface area (Å²) < 4.78 is -1.32. The van der Waals surface area contributed by atoms with Crippen LogP contribution in [0.1, 0.15) is 17.5 Å². The molecular weight excluding hydrogens is 869 g/mol. The summed E-state index contributed by atoms with van der Waals surface area (Å²) in [5, 5.41) is 0. The van der Waals surface area contributed by atoms with Crippen LogP contribution in [-0.4, -0.2) is 21.4 Å². The van der Waals surface area contributed by atoms with E-state index in [-0.39, 0.29) is 0 Å². The van der Waals surface area contributed by atoms with Crippen LogP contribution in [0.3, 0.4) is 0 Å². The molecule has 0 aliphatic carbocycles. The van der Waals surface area contributed by atoms with Crippen molar-refractivity contribution in [3.05, 3.63) is 17.5 Å². The van der Waals surface area contributed by atoms with Crippen LogP contribution in [0.4, 0.5) is 0 Å². The highest BCUT2D eigenvalue weighted by molar-refractivity contribution is 9.40. The standard InChI is InChI=1S/C9H6Br9N3/c10-7(11,12)1-4-19-5(2-8(13,14)15)21-6(20-4)3-9(16,17)18/h1-3H2. The smallest absolute Gasteiger partial charge is 0.142 e. The quantitative estimate of drug-likeness (QED) is 0.307. The van der Waals surface area contributed by atoms with E-state index in [1.165, 1.54) is 0 Å². The Morgan fingerprint density at radius 3 is 0.810 bits per heavy atom. The lowest BCUT2D eigenvalue weighted by Gasteiger charge is -2.16. The zero-order chi connectivity index (χ0) is 16.5. The monoisotopic (exact) mass is 866 g/mol. The molecule has 0 radical (unpaired) electrons. The predicted octanol–water partition coefficient (Wildman–Crippen LogP) is 7.01. The average molecular weight is 875 g/mol. The molecule has 12 heteroatoms. The van der Waals surface area contributed by atoms with E-state index < -0.39 is 6.43 Å². The van der Waals surface area contributed by atoms with E-state index in [0.29, 0.717) is 36.7 Å². The van der Waals surface area contributed by atoms with Gasteiger partial charge >= 0.3 is 0 Å². The molecule has 0 saturated carbocycles. The van der Waals surface area contributed by atoms with Gasteiger partial charge in [-0.15, -0.1) is 0 Å². The van der Waals surface area contributed by atoms with E-state index in [1.54, 1.807) is 0 Å². The predicted molar refractivity (Wildman–Crippen MR) is 119 cm³/mol. The average Bonchev–Trinajstić information content (AvgIpc) is 2.06. The number of hydrogen-bond donors (Lipinski definition) is 0. The summed E-state index contributed by atoms with van der Waals surface area (Å²) in [6, 6.07) is 0. The van der Waals surface area contributed by atoms with Crippen molar-refractivity contribution in [3.63, 3.8) is 0 Å². The van der Waals surface area contributed by atoms with Gasteiger partial charge in [0, 0.05) is 19.3 Å². The molecule has 0 spiro atoms. The van der Waals surface area contributed by atoms with Gasteiger partial charge in [0.05, 0.1) is 0 Å². The van der Waals surface area contributed by atoms with Gasteiger partial charge in [0.15, 0.2) is 0 Å². The van der Waals surface area contributed by atoms with Gasteiger partial charge in [-0.05, 0) is 0 Å². The SMILES string of the molecule is BrC(Br)(Br)Cc1nc(CC(Br)(Br)Br)nc(CC(Br)(Br)Br)n1. The highest BCUT2D eigenvalue weighted by Crippen LogP contribution is 2.39. The fourth-order valence-corrected chi connectivity index (χ4v) is 3.55. The summed E-state index contributed by atoms with van der Waals surface area (Å²) in [4.78, 5) is 13.5. The highest BCUT2D eigenvalue weighted by atomic mass is 80.0. The third-order valence-corrected chi connectivity index (χ3v) is 4.37. The van der Waals surface area contributed by atoms with Crippen LogP contribution in [0.15, 0.2) is 0 Å². The second-order valence-electron chi connectivity index (χ2n) is 3.96. The first-order chi connectivity index (χ1) is 9.23. The third-order valence-electron chi connectivity index (χ3n) is 1.85. The molecule has 0 unspecified atom stereocenters. The molecule has 0 saturated heterocycles. The van der Waals surface area contributed by atoms with Crippen molar-refractivity contribution in [2.75, 3.05) is 0 Å². The van der Waals surface area contributed by atoms with Crippen LogP contribution in [0.25, 0.3) is 0 Å². The van der Waals surface area contributed by atoms with Crippen LogP contribution < -0.4 is 0 Å². The van der Waals surface area contributed by atoms with Crippen LogP contribution in [0.2, 0.25) is 0 Å². The number of alkyl halides is 9. The largest absolute Gasteiger partial charge is 0.218 e. The van der Waals surface area contributed by atoms with Crippen molar-refractivity contribution in [2.24, 2.45) is 0 Å². The first-order valence-corrected chi connectivity index (χ1v) is 12.3. The maximum Gasteiger partial charge on any atom is 0.142 e. The maximum absolute atomic E-state index is 4.49. The minimum absolute atomic E-state index is 0.439. The van der Waals surface area contributed by atoms with Crippen molar-refractivity contribution in [2.45, 2.75) is 25.7 Å². The molecule has 1 heterocycles. The van der Waals surface area contributed by atoms with E-state index in [1.807, 2.05) is 0 Å². The van der Waals surface area contributed by atoms with E-state index in [9.17, 15) is 0 Å². The van der Waals surface area contributed by atoms with Gasteiger partial charge in [0.25, 0.3) is 0 Å². The Labute approximate surface area is 198 Å². The van der Waals surface area contributed by atoms with Gasteiger partial charge in [-0.3, -0.25) is 0 Å². The molecule has 1 aromatic rings. The number of nitrogens with zero attached hydrogens (tertiary/aromatic N) is 3. The van der Waals surface area contributed by atoms with E-state index in [2.05, 4.69) is 158 Å². The molecule has 0 aromatic carbocycles. The van der Waals surface area contributed by atoms with Gasteiger partial charge < -0.3 is 0 Å². The Morgan fingerprint density at radius 1 is 0.476 bits per heavy atom. The van der Waals surface area contributed by atoms with E-state index >= 15 is 0 Å². The molecule has 0 amide bonds. The van der Waals surface area contributed by atoms with Crippen LogP contribution in [0, 0.1) is 0 Å². The molecule has 0 bridgehead atoms. The summed E-state index contributed by atoms with van der Waals surface area (Å²) in [5.41, 5.74) is 0. The molecule has 0 atom stereocenters. The lowest BCUT2D eigenvalue weighted by Crippen LogP contribution is -2.18. The molecule has 1 aromatic heterocycles. The molecule has 1 rings (SSSR count). The zero-order valence-electron chi connectivity index (χ0n) is 9.86. The fourth-order valence-electron chi connectivity index (χ4n) is 1.30. The van der Waals surface area contributed by atoms with Crippen molar-refractivity contribution in [1.82, 2.24) is 15.0 Å². The lowest BCUT2D eigenvalue weighted by atomic mass is 10.3. The molecular formula is C9H6Br9N3. The molecule has 120 valence electrons. The molecule has 0 N–H and O–H groups in total. The minimum atomic E-state index is -0.439. The molecule has 21 heavy (non-hydrogen) atoms. The Hall–Kier alpha value is 3.33. The van der Waals surface area contributed by atoms with Gasteiger partial charge in [0.1, 0.15) is 23.9 Å². The number of hydrogen-bond acceptors (Lipinski definition) is 3. The van der Waals surface area contributed by atoms with E-state index in [0.717, 1.165) is 0 Å². The summed E-state index contributed by atoms with van der Waals surface area (Å²) in [6.07, 6.45) is 1.65.